The van der Waals surface area contributed by atoms with E-state index < -0.39 is 6.03 Å². The number of hydrogen-bond donors (Lipinski definition) is 1. The van der Waals surface area contributed by atoms with Crippen molar-refractivity contribution in [3.8, 4) is 5.75 Å². The van der Waals surface area contributed by atoms with Gasteiger partial charge in [0.05, 0.1) is 11.3 Å². The summed E-state index contributed by atoms with van der Waals surface area (Å²) >= 11 is 0. The zero-order chi connectivity index (χ0) is 21.1. The van der Waals surface area contributed by atoms with Crippen molar-refractivity contribution in [3.63, 3.8) is 0 Å². The number of para-hydroxylation sites is 1. The predicted octanol–water partition coefficient (Wildman–Crippen LogP) is 2.45. The summed E-state index contributed by atoms with van der Waals surface area (Å²) in [5.74, 6) is 0.412. The van der Waals surface area contributed by atoms with Crippen LogP contribution >= 0.6 is 0 Å². The fourth-order valence-electron chi connectivity index (χ4n) is 3.71. The van der Waals surface area contributed by atoms with Gasteiger partial charge < -0.3 is 24.7 Å². The van der Waals surface area contributed by atoms with E-state index in [2.05, 4.69) is 4.98 Å². The highest BCUT2D eigenvalue weighted by Crippen LogP contribution is 2.22. The number of nitrogens with zero attached hydrogens (tertiary/aromatic N) is 4. The van der Waals surface area contributed by atoms with Gasteiger partial charge in [0.1, 0.15) is 18.0 Å². The molecule has 0 saturated carbocycles. The third kappa shape index (κ3) is 4.07. The molecule has 0 atom stereocenters. The molecule has 8 nitrogen and oxygen atoms in total. The van der Waals surface area contributed by atoms with Gasteiger partial charge in [0.25, 0.3) is 5.91 Å². The third-order valence-electron chi connectivity index (χ3n) is 5.32. The van der Waals surface area contributed by atoms with Gasteiger partial charge in [-0.15, -0.1) is 0 Å². The van der Waals surface area contributed by atoms with Crippen LogP contribution in [-0.4, -0.2) is 57.3 Å². The molecular weight excluding hydrogens is 382 g/mol. The molecule has 0 aliphatic carbocycles. The van der Waals surface area contributed by atoms with E-state index in [-0.39, 0.29) is 12.5 Å². The van der Waals surface area contributed by atoms with Crippen LogP contribution < -0.4 is 10.5 Å². The summed E-state index contributed by atoms with van der Waals surface area (Å²) in [6, 6.07) is 10.8. The molecule has 2 aromatic heterocycles. The van der Waals surface area contributed by atoms with Crippen LogP contribution in [0.5, 0.6) is 5.75 Å². The predicted molar refractivity (Wildman–Crippen MR) is 112 cm³/mol. The van der Waals surface area contributed by atoms with Crippen molar-refractivity contribution in [3.05, 3.63) is 65.6 Å². The number of aromatic nitrogens is 2. The molecule has 3 heterocycles. The van der Waals surface area contributed by atoms with Gasteiger partial charge in [0.15, 0.2) is 0 Å². The second-order valence-corrected chi connectivity index (χ2v) is 7.41. The molecule has 2 N–H and O–H groups in total. The lowest BCUT2D eigenvalue weighted by Crippen LogP contribution is -2.39. The Balaban J connectivity index is 1.48. The molecule has 1 fully saturated rings. The normalized spacial score (nSPS) is 14.6. The van der Waals surface area contributed by atoms with E-state index in [4.69, 9.17) is 10.5 Å². The molecule has 1 aromatic carbocycles. The third-order valence-corrected chi connectivity index (χ3v) is 5.32. The van der Waals surface area contributed by atoms with Crippen LogP contribution in [0.15, 0.2) is 48.8 Å². The summed E-state index contributed by atoms with van der Waals surface area (Å²) in [5, 5.41) is 0. The largest absolute Gasteiger partial charge is 0.486 e. The van der Waals surface area contributed by atoms with Gasteiger partial charge in [-0.1, -0.05) is 18.2 Å². The zero-order valence-electron chi connectivity index (χ0n) is 17.0. The number of hydrogen-bond acceptors (Lipinski definition) is 4. The number of rotatable bonds is 4. The number of carbonyl (C=O) groups excluding carboxylic acids is 2. The summed E-state index contributed by atoms with van der Waals surface area (Å²) in [6.07, 6.45) is 4.57. The van der Waals surface area contributed by atoms with E-state index >= 15 is 0 Å². The maximum absolute atomic E-state index is 13.1. The molecule has 30 heavy (non-hydrogen) atoms. The summed E-state index contributed by atoms with van der Waals surface area (Å²) in [4.78, 5) is 32.5. The molecule has 1 saturated heterocycles. The Labute approximate surface area is 174 Å². The molecule has 0 bridgehead atoms. The van der Waals surface area contributed by atoms with Gasteiger partial charge in [-0.3, -0.25) is 4.79 Å². The van der Waals surface area contributed by atoms with Crippen molar-refractivity contribution in [2.24, 2.45) is 5.73 Å². The SMILES string of the molecule is Cc1cccn2cc(COc3ccccc3C(=O)N3CCCN(C(N)=O)CC3)nc12. The number of carbonyl (C=O) groups is 2. The number of imidazole rings is 1. The summed E-state index contributed by atoms with van der Waals surface area (Å²) < 4.78 is 7.95. The van der Waals surface area contributed by atoms with Crippen LogP contribution in [0.3, 0.4) is 0 Å². The average molecular weight is 407 g/mol. The van der Waals surface area contributed by atoms with Crippen molar-refractivity contribution in [1.29, 1.82) is 0 Å². The van der Waals surface area contributed by atoms with Crippen LogP contribution in [0.1, 0.15) is 28.0 Å². The Morgan fingerprint density at radius 1 is 1.07 bits per heavy atom. The number of nitrogens with two attached hydrogens (primary N) is 1. The number of primary amides is 1. The second kappa shape index (κ2) is 8.44. The number of amides is 3. The maximum Gasteiger partial charge on any atom is 0.314 e. The van der Waals surface area contributed by atoms with Crippen molar-refractivity contribution < 1.29 is 14.3 Å². The van der Waals surface area contributed by atoms with Crippen molar-refractivity contribution in [1.82, 2.24) is 19.2 Å². The molecule has 0 spiro atoms. The fourth-order valence-corrected chi connectivity index (χ4v) is 3.71. The zero-order valence-corrected chi connectivity index (χ0v) is 17.0. The maximum atomic E-state index is 13.1. The number of fused-ring (bicyclic) bond motifs is 1. The lowest BCUT2D eigenvalue weighted by atomic mass is 10.1. The first-order chi connectivity index (χ1) is 14.5. The first kappa shape index (κ1) is 19.8. The van der Waals surface area contributed by atoms with E-state index in [0.29, 0.717) is 43.9 Å². The number of ether oxygens (including phenoxy) is 1. The lowest BCUT2D eigenvalue weighted by Gasteiger charge is -2.22. The highest BCUT2D eigenvalue weighted by molar-refractivity contribution is 5.97. The number of aryl methyl sites for hydroxylation is 1. The first-order valence-electron chi connectivity index (χ1n) is 10.0. The summed E-state index contributed by atoms with van der Waals surface area (Å²) in [6.45, 7) is 4.29. The number of urea groups is 1. The van der Waals surface area contributed by atoms with Gasteiger partial charge in [-0.25, -0.2) is 9.78 Å². The molecule has 1 aliphatic rings. The molecular formula is C22H25N5O3. The molecule has 3 amide bonds. The minimum Gasteiger partial charge on any atom is -0.486 e. The Bertz CT molecular complexity index is 1080. The van der Waals surface area contributed by atoms with E-state index in [1.165, 1.54) is 0 Å². The Hall–Kier alpha value is -3.55. The molecule has 3 aromatic rings. The van der Waals surface area contributed by atoms with Gasteiger partial charge in [-0.2, -0.15) is 0 Å². The average Bonchev–Trinajstić information content (AvgIpc) is 3.00. The minimum absolute atomic E-state index is 0.109. The molecule has 0 unspecified atom stereocenters. The summed E-state index contributed by atoms with van der Waals surface area (Å²) in [7, 11) is 0. The van der Waals surface area contributed by atoms with Gasteiger partial charge >= 0.3 is 6.03 Å². The van der Waals surface area contributed by atoms with Crippen LogP contribution in [-0.2, 0) is 6.61 Å². The van der Waals surface area contributed by atoms with Crippen LogP contribution in [0.25, 0.3) is 5.65 Å². The Morgan fingerprint density at radius 2 is 1.83 bits per heavy atom. The van der Waals surface area contributed by atoms with Crippen LogP contribution in [0.4, 0.5) is 4.79 Å². The van der Waals surface area contributed by atoms with E-state index in [9.17, 15) is 9.59 Å². The standard InChI is InChI=1S/C22H25N5O3/c1-16-6-4-9-27-14-17(24-20(16)27)15-30-19-8-3-2-7-18(19)21(28)25-10-5-11-26(13-12-25)22(23)29/h2-4,6-9,14H,5,10-13,15H2,1H3,(H2,23,29). The van der Waals surface area contributed by atoms with Crippen molar-refractivity contribution >= 4 is 17.6 Å². The van der Waals surface area contributed by atoms with Crippen molar-refractivity contribution in [2.75, 3.05) is 26.2 Å². The van der Waals surface area contributed by atoms with Gasteiger partial charge in [0.2, 0.25) is 0 Å². The van der Waals surface area contributed by atoms with E-state index in [0.717, 1.165) is 16.9 Å². The molecule has 156 valence electrons. The van der Waals surface area contributed by atoms with Gasteiger partial charge in [-0.05, 0) is 37.1 Å². The number of pyridine rings is 1. The Morgan fingerprint density at radius 3 is 2.63 bits per heavy atom. The molecule has 4 rings (SSSR count). The fraction of sp³-hybridized carbons (Fsp3) is 0.318. The quantitative estimate of drug-likeness (QED) is 0.719. The Kier molecular flexibility index (Phi) is 5.56. The molecule has 8 heteroatoms. The van der Waals surface area contributed by atoms with Crippen LogP contribution in [0, 0.1) is 6.92 Å². The highest BCUT2D eigenvalue weighted by Gasteiger charge is 2.23. The van der Waals surface area contributed by atoms with Gasteiger partial charge in [0, 0.05) is 38.6 Å². The van der Waals surface area contributed by atoms with Crippen molar-refractivity contribution in [2.45, 2.75) is 20.0 Å². The summed E-state index contributed by atoms with van der Waals surface area (Å²) in [5.41, 5.74) is 8.66. The lowest BCUT2D eigenvalue weighted by molar-refractivity contribution is 0.0757. The van der Waals surface area contributed by atoms with E-state index in [1.54, 1.807) is 21.9 Å². The van der Waals surface area contributed by atoms with Crippen LogP contribution in [0.2, 0.25) is 0 Å². The molecule has 1 aliphatic heterocycles. The minimum atomic E-state index is -0.448. The second-order valence-electron chi connectivity index (χ2n) is 7.41. The monoisotopic (exact) mass is 407 g/mol. The molecule has 0 radical (unpaired) electrons. The van der Waals surface area contributed by atoms with E-state index in [1.807, 2.05) is 48.0 Å². The topological polar surface area (TPSA) is 93.2 Å². The number of benzene rings is 1. The highest BCUT2D eigenvalue weighted by atomic mass is 16.5. The first-order valence-corrected chi connectivity index (χ1v) is 10.0. The smallest absolute Gasteiger partial charge is 0.314 e.